The van der Waals surface area contributed by atoms with Gasteiger partial charge in [-0.15, -0.1) is 0 Å². The molecular weight excluding hydrogens is 266 g/mol. The Bertz CT molecular complexity index is 551. The highest BCUT2D eigenvalue weighted by atomic mass is 32.1. The smallest absolute Gasteiger partial charge is 0.256 e. The zero-order valence-electron chi connectivity index (χ0n) is 10.6. The van der Waals surface area contributed by atoms with Crippen LogP contribution in [0.15, 0.2) is 22.8 Å². The lowest BCUT2D eigenvalue weighted by molar-refractivity contribution is 0.0907. The minimum Gasteiger partial charge on any atom is -0.467 e. The van der Waals surface area contributed by atoms with Crippen molar-refractivity contribution in [2.45, 2.75) is 13.0 Å². The first-order valence-electron chi connectivity index (χ1n) is 5.76. The third kappa shape index (κ3) is 2.77. The summed E-state index contributed by atoms with van der Waals surface area (Å²) in [6.45, 7) is 1.54. The maximum absolute atomic E-state index is 12.2. The van der Waals surface area contributed by atoms with Crippen molar-refractivity contribution in [3.8, 4) is 0 Å². The quantitative estimate of drug-likeness (QED) is 0.774. The van der Waals surface area contributed by atoms with Gasteiger partial charge in [-0.1, -0.05) is 0 Å². The van der Waals surface area contributed by atoms with Crippen LogP contribution >= 0.6 is 11.5 Å². The molecule has 2 rings (SSSR count). The van der Waals surface area contributed by atoms with Gasteiger partial charge < -0.3 is 20.2 Å². The van der Waals surface area contributed by atoms with Gasteiger partial charge in [0.15, 0.2) is 0 Å². The van der Waals surface area contributed by atoms with Gasteiger partial charge in [-0.2, -0.15) is 4.37 Å². The van der Waals surface area contributed by atoms with Gasteiger partial charge >= 0.3 is 0 Å². The topological polar surface area (TPSA) is 87.4 Å². The van der Waals surface area contributed by atoms with Crippen molar-refractivity contribution in [1.82, 2.24) is 9.69 Å². The van der Waals surface area contributed by atoms with Gasteiger partial charge in [0.1, 0.15) is 16.8 Å². The number of hydrogen-bond donors (Lipinski definition) is 3. The number of hydrogen-bond acceptors (Lipinski definition) is 6. The average molecular weight is 281 g/mol. The van der Waals surface area contributed by atoms with Gasteiger partial charge in [-0.3, -0.25) is 4.79 Å². The predicted octanol–water partition coefficient (Wildman–Crippen LogP) is 1.55. The number of anilines is 1. The van der Waals surface area contributed by atoms with Gasteiger partial charge in [-0.25, -0.2) is 0 Å². The second-order valence-corrected chi connectivity index (χ2v) is 4.72. The molecule has 1 unspecified atom stereocenters. The molecule has 3 N–H and O–H groups in total. The summed E-state index contributed by atoms with van der Waals surface area (Å²) in [6, 6.07) is 2.85. The van der Waals surface area contributed by atoms with Gasteiger partial charge in [0.2, 0.25) is 0 Å². The Morgan fingerprint density at radius 2 is 2.42 bits per heavy atom. The predicted molar refractivity (Wildman–Crippen MR) is 72.4 cm³/mol. The summed E-state index contributed by atoms with van der Waals surface area (Å²) < 4.78 is 9.32. The Morgan fingerprint density at radius 3 is 3.00 bits per heavy atom. The number of nitrogens with one attached hydrogen (secondary N) is 2. The van der Waals surface area contributed by atoms with Crippen molar-refractivity contribution in [3.63, 3.8) is 0 Å². The van der Waals surface area contributed by atoms with Crippen molar-refractivity contribution in [3.05, 3.63) is 35.4 Å². The zero-order chi connectivity index (χ0) is 13.8. The van der Waals surface area contributed by atoms with E-state index in [0.29, 0.717) is 22.0 Å². The molecule has 102 valence electrons. The molecule has 0 saturated carbocycles. The number of furan rings is 1. The van der Waals surface area contributed by atoms with E-state index in [-0.39, 0.29) is 12.5 Å². The zero-order valence-corrected chi connectivity index (χ0v) is 11.5. The molecule has 1 atom stereocenters. The van der Waals surface area contributed by atoms with E-state index in [2.05, 4.69) is 15.0 Å². The third-order valence-corrected chi connectivity index (χ3v) is 3.65. The highest BCUT2D eigenvalue weighted by molar-refractivity contribution is 7.10. The first-order chi connectivity index (χ1) is 9.17. The molecule has 19 heavy (non-hydrogen) atoms. The molecule has 2 aromatic heterocycles. The van der Waals surface area contributed by atoms with E-state index in [0.717, 1.165) is 0 Å². The van der Waals surface area contributed by atoms with Crippen LogP contribution in [0, 0.1) is 6.92 Å². The molecule has 0 radical (unpaired) electrons. The number of aryl methyl sites for hydroxylation is 1. The van der Waals surface area contributed by atoms with Crippen molar-refractivity contribution in [2.75, 3.05) is 19.0 Å². The third-order valence-electron chi connectivity index (χ3n) is 2.69. The van der Waals surface area contributed by atoms with Crippen molar-refractivity contribution < 1.29 is 14.3 Å². The molecule has 0 aliphatic rings. The van der Waals surface area contributed by atoms with Crippen LogP contribution in [0.4, 0.5) is 5.00 Å². The Labute approximate surface area is 114 Å². The molecule has 0 saturated heterocycles. The summed E-state index contributed by atoms with van der Waals surface area (Å²) in [5.74, 6) is 0.230. The number of carbonyl (C=O) groups is 1. The van der Waals surface area contributed by atoms with Crippen LogP contribution in [0.2, 0.25) is 0 Å². The molecule has 0 spiro atoms. The standard InChI is InChI=1S/C12H15N3O3S/c1-7-10(12(13-2)19-15-7)11(17)14-8(6-16)9-4-3-5-18-9/h3-5,8,13,16H,6H2,1-2H3,(H,14,17). The van der Waals surface area contributed by atoms with Crippen LogP contribution in [0.3, 0.4) is 0 Å². The van der Waals surface area contributed by atoms with Crippen molar-refractivity contribution in [1.29, 1.82) is 0 Å². The summed E-state index contributed by atoms with van der Waals surface area (Å²) in [7, 11) is 1.74. The first-order valence-corrected chi connectivity index (χ1v) is 6.53. The molecule has 1 amide bonds. The number of amides is 1. The average Bonchev–Trinajstić information content (AvgIpc) is 3.04. The van der Waals surface area contributed by atoms with Crippen LogP contribution in [0.5, 0.6) is 0 Å². The second kappa shape index (κ2) is 5.85. The van der Waals surface area contributed by atoms with Gasteiger partial charge in [0, 0.05) is 7.05 Å². The maximum Gasteiger partial charge on any atom is 0.256 e. The molecule has 2 heterocycles. The van der Waals surface area contributed by atoms with E-state index in [1.165, 1.54) is 17.8 Å². The highest BCUT2D eigenvalue weighted by Crippen LogP contribution is 2.24. The fourth-order valence-corrected chi connectivity index (χ4v) is 2.48. The molecule has 0 aliphatic heterocycles. The van der Waals surface area contributed by atoms with Crippen LogP contribution in [-0.2, 0) is 0 Å². The summed E-state index contributed by atoms with van der Waals surface area (Å²) >= 11 is 1.23. The van der Waals surface area contributed by atoms with Crippen LogP contribution in [0.25, 0.3) is 0 Å². The largest absolute Gasteiger partial charge is 0.467 e. The molecule has 6 nitrogen and oxygen atoms in total. The number of carbonyl (C=O) groups excluding carboxylic acids is 1. The lowest BCUT2D eigenvalue weighted by Crippen LogP contribution is -2.31. The Kier molecular flexibility index (Phi) is 4.18. The highest BCUT2D eigenvalue weighted by Gasteiger charge is 2.22. The minimum absolute atomic E-state index is 0.231. The molecule has 0 aromatic carbocycles. The summed E-state index contributed by atoms with van der Waals surface area (Å²) in [4.78, 5) is 12.2. The van der Waals surface area contributed by atoms with Gasteiger partial charge in [0.05, 0.1) is 24.1 Å². The lowest BCUT2D eigenvalue weighted by atomic mass is 10.2. The second-order valence-electron chi connectivity index (χ2n) is 3.95. The molecule has 0 bridgehead atoms. The van der Waals surface area contributed by atoms with Gasteiger partial charge in [0.25, 0.3) is 5.91 Å². The summed E-state index contributed by atoms with van der Waals surface area (Å²) in [6.07, 6.45) is 1.50. The number of aromatic nitrogens is 1. The molecule has 2 aromatic rings. The van der Waals surface area contributed by atoms with E-state index in [1.54, 1.807) is 26.1 Å². The molecular formula is C12H15N3O3S. The van der Waals surface area contributed by atoms with E-state index >= 15 is 0 Å². The molecule has 0 fully saturated rings. The first kappa shape index (κ1) is 13.6. The Balaban J connectivity index is 2.18. The van der Waals surface area contributed by atoms with Crippen LogP contribution in [-0.4, -0.2) is 29.0 Å². The van der Waals surface area contributed by atoms with E-state index in [9.17, 15) is 9.90 Å². The van der Waals surface area contributed by atoms with Crippen molar-refractivity contribution in [2.24, 2.45) is 0 Å². The number of aliphatic hydroxyl groups excluding tert-OH is 1. The fraction of sp³-hybridized carbons (Fsp3) is 0.333. The summed E-state index contributed by atoms with van der Waals surface area (Å²) in [5.41, 5.74) is 1.15. The van der Waals surface area contributed by atoms with E-state index < -0.39 is 6.04 Å². The van der Waals surface area contributed by atoms with Crippen LogP contribution in [0.1, 0.15) is 27.9 Å². The Hall–Kier alpha value is -1.86. The normalized spacial score (nSPS) is 12.2. The minimum atomic E-state index is -0.563. The van der Waals surface area contributed by atoms with Crippen molar-refractivity contribution >= 4 is 22.4 Å². The fourth-order valence-electron chi connectivity index (χ4n) is 1.73. The molecule has 7 heteroatoms. The number of aliphatic hydroxyl groups is 1. The van der Waals surface area contributed by atoms with E-state index in [1.807, 2.05) is 0 Å². The monoisotopic (exact) mass is 281 g/mol. The van der Waals surface area contributed by atoms with Crippen LogP contribution < -0.4 is 10.6 Å². The number of nitrogens with zero attached hydrogens (tertiary/aromatic N) is 1. The SMILES string of the molecule is CNc1snc(C)c1C(=O)NC(CO)c1ccco1. The summed E-state index contributed by atoms with van der Waals surface area (Å²) in [5, 5.41) is 15.7. The Morgan fingerprint density at radius 1 is 1.63 bits per heavy atom. The molecule has 0 aliphatic carbocycles. The van der Waals surface area contributed by atoms with E-state index in [4.69, 9.17) is 4.42 Å². The van der Waals surface area contributed by atoms with Gasteiger partial charge in [-0.05, 0) is 30.6 Å². The lowest BCUT2D eigenvalue weighted by Gasteiger charge is -2.14. The number of rotatable bonds is 5. The maximum atomic E-state index is 12.2.